The number of hydrogen-bond donors (Lipinski definition) is 1. The highest BCUT2D eigenvalue weighted by molar-refractivity contribution is 6.03. The van der Waals surface area contributed by atoms with Gasteiger partial charge in [-0.1, -0.05) is 25.1 Å². The van der Waals surface area contributed by atoms with Gasteiger partial charge in [-0.15, -0.1) is 0 Å². The molecule has 4 rings (SSSR count). The zero-order valence-electron chi connectivity index (χ0n) is 16.3. The third-order valence-electron chi connectivity index (χ3n) is 5.20. The van der Waals surface area contributed by atoms with E-state index in [0.29, 0.717) is 24.3 Å². The van der Waals surface area contributed by atoms with Crippen LogP contribution in [0.1, 0.15) is 23.7 Å². The highest BCUT2D eigenvalue weighted by Gasteiger charge is 2.33. The lowest BCUT2D eigenvalue weighted by Crippen LogP contribution is -2.33. The van der Waals surface area contributed by atoms with Crippen LogP contribution in [0.4, 0.5) is 29.3 Å². The van der Waals surface area contributed by atoms with Gasteiger partial charge in [-0.3, -0.25) is 9.88 Å². The second-order valence-electron chi connectivity index (χ2n) is 7.14. The molecule has 154 valence electrons. The number of fused-ring (bicyclic) bond motifs is 1. The number of urea groups is 1. The van der Waals surface area contributed by atoms with Crippen LogP contribution in [-0.2, 0) is 19.0 Å². The lowest BCUT2D eigenvalue weighted by atomic mass is 10.1. The number of carbonyl (C=O) groups excluding carboxylic acids is 1. The van der Waals surface area contributed by atoms with E-state index in [0.717, 1.165) is 40.9 Å². The van der Waals surface area contributed by atoms with Gasteiger partial charge in [0.25, 0.3) is 0 Å². The van der Waals surface area contributed by atoms with Crippen LogP contribution in [-0.4, -0.2) is 17.6 Å². The van der Waals surface area contributed by atoms with Crippen LogP contribution in [0.3, 0.4) is 0 Å². The Kier molecular flexibility index (Phi) is 5.20. The van der Waals surface area contributed by atoms with Crippen LogP contribution in [0.5, 0.6) is 0 Å². The number of nitrogens with zero attached hydrogens (tertiary/aromatic N) is 2. The second-order valence-corrected chi connectivity index (χ2v) is 7.14. The second kappa shape index (κ2) is 7.82. The molecule has 3 aromatic rings. The summed E-state index contributed by atoms with van der Waals surface area (Å²) in [6.45, 7) is 2.39. The third kappa shape index (κ3) is 4.01. The highest BCUT2D eigenvalue weighted by Crippen LogP contribution is 2.36. The van der Waals surface area contributed by atoms with Crippen molar-refractivity contribution in [3.63, 3.8) is 0 Å². The fourth-order valence-corrected chi connectivity index (χ4v) is 3.55. The van der Waals surface area contributed by atoms with Gasteiger partial charge in [0.05, 0.1) is 5.56 Å². The predicted octanol–water partition coefficient (Wildman–Crippen LogP) is 5.92. The number of halogens is 3. The van der Waals surface area contributed by atoms with Gasteiger partial charge in [0.1, 0.15) is 0 Å². The Bertz CT molecular complexity index is 1080. The maximum absolute atomic E-state index is 13.0. The summed E-state index contributed by atoms with van der Waals surface area (Å²) in [5, 5.41) is 2.78. The van der Waals surface area contributed by atoms with E-state index in [1.165, 1.54) is 11.0 Å². The van der Waals surface area contributed by atoms with Crippen LogP contribution < -0.4 is 10.2 Å². The number of aryl methyl sites for hydroxylation is 1. The standard InChI is InChI=1S/C23H20F3N3O/c1-2-19-13-17(9-11-27-19)15-4-7-20(8-5-15)28-22(30)29-12-10-16-3-6-18(14-21(16)29)23(24,25)26/h3-9,11,13-14H,2,10,12H2,1H3,(H,28,30). The van der Waals surface area contributed by atoms with Gasteiger partial charge >= 0.3 is 12.2 Å². The fraction of sp³-hybridized carbons (Fsp3) is 0.217. The van der Waals surface area contributed by atoms with Crippen LogP contribution in [0.2, 0.25) is 0 Å². The Morgan fingerprint density at radius 3 is 2.53 bits per heavy atom. The molecule has 1 aromatic heterocycles. The van der Waals surface area contributed by atoms with Crippen molar-refractivity contribution in [1.29, 1.82) is 0 Å². The molecule has 0 aliphatic carbocycles. The molecule has 0 fully saturated rings. The van der Waals surface area contributed by atoms with E-state index in [1.807, 2.05) is 31.2 Å². The molecule has 7 heteroatoms. The number of alkyl halides is 3. The minimum Gasteiger partial charge on any atom is -0.308 e. The lowest BCUT2D eigenvalue weighted by molar-refractivity contribution is -0.137. The van der Waals surface area contributed by atoms with Gasteiger partial charge in [-0.05, 0) is 65.9 Å². The van der Waals surface area contributed by atoms with Crippen LogP contribution >= 0.6 is 0 Å². The SMILES string of the molecule is CCc1cc(-c2ccc(NC(=O)N3CCc4ccc(C(F)(F)F)cc43)cc2)ccn1. The maximum Gasteiger partial charge on any atom is 0.416 e. The molecule has 0 saturated carbocycles. The Balaban J connectivity index is 1.50. The van der Waals surface area contributed by atoms with Crippen molar-refractivity contribution in [3.05, 3.63) is 77.6 Å². The van der Waals surface area contributed by atoms with E-state index in [4.69, 9.17) is 0 Å². The van der Waals surface area contributed by atoms with E-state index >= 15 is 0 Å². The Labute approximate surface area is 172 Å². The summed E-state index contributed by atoms with van der Waals surface area (Å²) in [5.74, 6) is 0. The Morgan fingerprint density at radius 1 is 1.07 bits per heavy atom. The molecular weight excluding hydrogens is 391 g/mol. The van der Waals surface area contributed by atoms with Crippen molar-refractivity contribution < 1.29 is 18.0 Å². The molecule has 4 nitrogen and oxygen atoms in total. The molecule has 2 aromatic carbocycles. The van der Waals surface area contributed by atoms with Crippen molar-refractivity contribution in [2.75, 3.05) is 16.8 Å². The Morgan fingerprint density at radius 2 is 1.83 bits per heavy atom. The van der Waals surface area contributed by atoms with E-state index in [2.05, 4.69) is 10.3 Å². The lowest BCUT2D eigenvalue weighted by Gasteiger charge is -2.19. The minimum absolute atomic E-state index is 0.308. The van der Waals surface area contributed by atoms with Crippen molar-refractivity contribution in [3.8, 4) is 11.1 Å². The molecule has 2 amide bonds. The van der Waals surface area contributed by atoms with E-state index in [1.54, 1.807) is 18.3 Å². The van der Waals surface area contributed by atoms with Gasteiger partial charge in [0, 0.05) is 29.8 Å². The van der Waals surface area contributed by atoms with Crippen molar-refractivity contribution in [2.45, 2.75) is 25.9 Å². The third-order valence-corrected chi connectivity index (χ3v) is 5.20. The highest BCUT2D eigenvalue weighted by atomic mass is 19.4. The van der Waals surface area contributed by atoms with E-state index < -0.39 is 17.8 Å². The van der Waals surface area contributed by atoms with E-state index in [-0.39, 0.29) is 0 Å². The summed E-state index contributed by atoms with van der Waals surface area (Å²) in [6, 6.07) is 14.4. The molecule has 2 heterocycles. The normalized spacial score (nSPS) is 13.3. The summed E-state index contributed by atoms with van der Waals surface area (Å²) in [7, 11) is 0. The van der Waals surface area contributed by atoms with Crippen LogP contribution in [0, 0.1) is 0 Å². The number of nitrogens with one attached hydrogen (secondary N) is 1. The van der Waals surface area contributed by atoms with Gasteiger partial charge in [0.15, 0.2) is 0 Å². The molecular formula is C23H20F3N3O. The number of carbonyl (C=O) groups is 1. The van der Waals surface area contributed by atoms with Gasteiger partial charge in [0.2, 0.25) is 0 Å². The number of anilines is 2. The van der Waals surface area contributed by atoms with Crippen LogP contribution in [0.15, 0.2) is 60.8 Å². The number of amides is 2. The molecule has 0 bridgehead atoms. The molecule has 30 heavy (non-hydrogen) atoms. The first-order valence-electron chi connectivity index (χ1n) is 9.69. The number of benzene rings is 2. The summed E-state index contributed by atoms with van der Waals surface area (Å²) < 4.78 is 39.1. The zero-order valence-corrected chi connectivity index (χ0v) is 16.3. The maximum atomic E-state index is 13.0. The smallest absolute Gasteiger partial charge is 0.308 e. The topological polar surface area (TPSA) is 45.2 Å². The number of rotatable bonds is 3. The van der Waals surface area contributed by atoms with Crippen molar-refractivity contribution in [2.24, 2.45) is 0 Å². The molecule has 1 aliphatic rings. The summed E-state index contributed by atoms with van der Waals surface area (Å²) in [5.41, 5.74) is 3.89. The predicted molar refractivity (Wildman–Crippen MR) is 111 cm³/mol. The number of aromatic nitrogens is 1. The molecule has 1 N–H and O–H groups in total. The van der Waals surface area contributed by atoms with Crippen molar-refractivity contribution in [1.82, 2.24) is 4.98 Å². The first-order valence-corrected chi connectivity index (χ1v) is 9.69. The van der Waals surface area contributed by atoms with Gasteiger partial charge in [-0.25, -0.2) is 4.79 Å². The first kappa shape index (κ1) is 19.9. The van der Waals surface area contributed by atoms with Gasteiger partial charge in [-0.2, -0.15) is 13.2 Å². The Hall–Kier alpha value is -3.35. The van der Waals surface area contributed by atoms with Crippen molar-refractivity contribution >= 4 is 17.4 Å². The molecule has 1 aliphatic heterocycles. The molecule has 0 radical (unpaired) electrons. The minimum atomic E-state index is -4.44. The average Bonchev–Trinajstić information content (AvgIpc) is 3.17. The summed E-state index contributed by atoms with van der Waals surface area (Å²) in [6.07, 6.45) is -1.30. The van der Waals surface area contributed by atoms with E-state index in [9.17, 15) is 18.0 Å². The van der Waals surface area contributed by atoms with Crippen LogP contribution in [0.25, 0.3) is 11.1 Å². The number of pyridine rings is 1. The molecule has 0 atom stereocenters. The molecule has 0 unspecified atom stereocenters. The largest absolute Gasteiger partial charge is 0.416 e. The summed E-state index contributed by atoms with van der Waals surface area (Å²) in [4.78, 5) is 18.3. The fourth-order valence-electron chi connectivity index (χ4n) is 3.55. The number of hydrogen-bond acceptors (Lipinski definition) is 2. The monoisotopic (exact) mass is 411 g/mol. The average molecular weight is 411 g/mol. The van der Waals surface area contributed by atoms with Gasteiger partial charge < -0.3 is 5.32 Å². The molecule has 0 saturated heterocycles. The quantitative estimate of drug-likeness (QED) is 0.581. The molecule has 0 spiro atoms. The summed E-state index contributed by atoms with van der Waals surface area (Å²) >= 11 is 0. The first-order chi connectivity index (χ1) is 14.3. The zero-order chi connectivity index (χ0) is 21.3.